The Kier molecular flexibility index (Phi) is 4.65. The summed E-state index contributed by atoms with van der Waals surface area (Å²) in [4.78, 5) is 0. The number of nitrogens with zero attached hydrogens (tertiary/aromatic N) is 1. The average Bonchev–Trinajstić information content (AvgIpc) is 2.24. The molecule has 0 fully saturated rings. The minimum atomic E-state index is -1.38. The van der Waals surface area contributed by atoms with Gasteiger partial charge in [-0.3, -0.25) is 0 Å². The molecule has 0 aliphatic carbocycles. The van der Waals surface area contributed by atoms with Crippen LogP contribution in [0.2, 0.25) is 0 Å². The molecular formula is C12H15F2NOS. The molecule has 0 saturated heterocycles. The first-order chi connectivity index (χ1) is 7.84. The van der Waals surface area contributed by atoms with Crippen LogP contribution in [0.15, 0.2) is 22.6 Å². The second-order valence-corrected chi connectivity index (χ2v) is 6.51. The van der Waals surface area contributed by atoms with Crippen molar-refractivity contribution in [2.24, 2.45) is 4.40 Å². The van der Waals surface area contributed by atoms with Crippen molar-refractivity contribution in [1.29, 1.82) is 0 Å². The standard InChI is InChI=1S/C12H15F2NOS/c1-12(2,3)17(16)15-8-9-4-5-10(7-13)11(14)6-9/h4-6,8H,7H2,1-3H3. The van der Waals surface area contributed by atoms with E-state index in [4.69, 9.17) is 0 Å². The molecule has 17 heavy (non-hydrogen) atoms. The smallest absolute Gasteiger partial charge is 0.144 e. The highest BCUT2D eigenvalue weighted by molar-refractivity contribution is 7.91. The van der Waals surface area contributed by atoms with Gasteiger partial charge in [0.2, 0.25) is 0 Å². The van der Waals surface area contributed by atoms with Crippen molar-refractivity contribution in [3.8, 4) is 0 Å². The number of halogens is 2. The third kappa shape index (κ3) is 4.09. The quantitative estimate of drug-likeness (QED) is 0.606. The molecular weight excluding hydrogens is 244 g/mol. The van der Waals surface area contributed by atoms with Gasteiger partial charge in [0, 0.05) is 11.1 Å². The molecule has 0 amide bonds. The van der Waals surface area contributed by atoms with Gasteiger partial charge in [-0.25, -0.2) is 8.78 Å². The van der Waals surface area contributed by atoms with Gasteiger partial charge in [-0.2, -0.15) is 0 Å². The maximum atomic E-state index is 13.2. The van der Waals surface area contributed by atoms with E-state index >= 15 is 0 Å². The lowest BCUT2D eigenvalue weighted by Crippen LogP contribution is -2.25. The van der Waals surface area contributed by atoms with Crippen LogP contribution in [0.25, 0.3) is 0 Å². The van der Waals surface area contributed by atoms with Gasteiger partial charge in [0.05, 0.1) is 6.21 Å². The SMILES string of the molecule is CC(C)(C)[S+]([O-])N=Cc1ccc(CF)c(F)c1. The van der Waals surface area contributed by atoms with Crippen LogP contribution < -0.4 is 0 Å². The second kappa shape index (κ2) is 5.60. The molecule has 1 aromatic rings. The van der Waals surface area contributed by atoms with Crippen LogP contribution in [0.5, 0.6) is 0 Å². The summed E-state index contributed by atoms with van der Waals surface area (Å²) < 4.78 is 40.5. The largest absolute Gasteiger partial charge is 0.591 e. The van der Waals surface area contributed by atoms with Gasteiger partial charge >= 0.3 is 0 Å². The normalized spacial score (nSPS) is 14.2. The number of rotatable bonds is 3. The molecule has 0 spiro atoms. The highest BCUT2D eigenvalue weighted by atomic mass is 32.2. The average molecular weight is 259 g/mol. The maximum absolute atomic E-state index is 13.2. The lowest BCUT2D eigenvalue weighted by molar-refractivity contribution is 0.464. The van der Waals surface area contributed by atoms with Crippen molar-refractivity contribution in [3.05, 3.63) is 35.1 Å². The van der Waals surface area contributed by atoms with Crippen LogP contribution >= 0.6 is 0 Å². The van der Waals surface area contributed by atoms with Crippen LogP contribution in [0.4, 0.5) is 8.78 Å². The maximum Gasteiger partial charge on any atom is 0.144 e. The first-order valence-corrected chi connectivity index (χ1v) is 6.25. The zero-order chi connectivity index (χ0) is 13.1. The van der Waals surface area contributed by atoms with Gasteiger partial charge in [0.25, 0.3) is 0 Å². The summed E-state index contributed by atoms with van der Waals surface area (Å²) in [7, 11) is 0. The Morgan fingerprint density at radius 3 is 2.53 bits per heavy atom. The van der Waals surface area contributed by atoms with Gasteiger partial charge in [-0.1, -0.05) is 16.5 Å². The Morgan fingerprint density at radius 2 is 2.06 bits per heavy atom. The molecule has 2 nitrogen and oxygen atoms in total. The van der Waals surface area contributed by atoms with Crippen LogP contribution in [-0.4, -0.2) is 15.5 Å². The fraction of sp³-hybridized carbons (Fsp3) is 0.417. The van der Waals surface area contributed by atoms with Crippen LogP contribution in [0.1, 0.15) is 31.9 Å². The zero-order valence-corrected chi connectivity index (χ0v) is 10.9. The Morgan fingerprint density at radius 1 is 1.41 bits per heavy atom. The van der Waals surface area contributed by atoms with Crippen molar-refractivity contribution >= 4 is 17.6 Å². The topological polar surface area (TPSA) is 35.4 Å². The Labute approximate surface area is 103 Å². The molecule has 0 bridgehead atoms. The van der Waals surface area contributed by atoms with Gasteiger partial charge in [0.15, 0.2) is 0 Å². The predicted octanol–water partition coefficient (Wildman–Crippen LogP) is 3.18. The first kappa shape index (κ1) is 14.1. The summed E-state index contributed by atoms with van der Waals surface area (Å²) in [6, 6.07) is 4.08. The molecule has 5 heteroatoms. The second-order valence-electron chi connectivity index (χ2n) is 4.58. The van der Waals surface area contributed by atoms with Crippen molar-refractivity contribution in [3.63, 3.8) is 0 Å². The van der Waals surface area contributed by atoms with E-state index in [1.807, 2.05) is 0 Å². The molecule has 94 valence electrons. The summed E-state index contributed by atoms with van der Waals surface area (Å²) in [5.74, 6) is -0.613. The monoisotopic (exact) mass is 259 g/mol. The fourth-order valence-corrected chi connectivity index (χ4v) is 1.55. The van der Waals surface area contributed by atoms with Crippen molar-refractivity contribution in [2.45, 2.75) is 32.2 Å². The fourth-order valence-electron chi connectivity index (χ4n) is 1.02. The number of alkyl halides is 1. The molecule has 1 atom stereocenters. The molecule has 0 saturated carbocycles. The van der Waals surface area contributed by atoms with Gasteiger partial charge in [-0.15, -0.1) is 0 Å². The summed E-state index contributed by atoms with van der Waals surface area (Å²) in [5.41, 5.74) is 0.483. The molecule has 0 aromatic heterocycles. The zero-order valence-electron chi connectivity index (χ0n) is 10.0. The third-order valence-corrected chi connectivity index (χ3v) is 3.39. The number of hydrogen-bond donors (Lipinski definition) is 0. The Bertz CT molecular complexity index is 415. The number of hydrogen-bond acceptors (Lipinski definition) is 2. The summed E-state index contributed by atoms with van der Waals surface area (Å²) in [6.45, 7) is 4.56. The first-order valence-electron chi connectivity index (χ1n) is 5.15. The van der Waals surface area contributed by atoms with Crippen molar-refractivity contribution in [1.82, 2.24) is 0 Å². The number of benzene rings is 1. The van der Waals surface area contributed by atoms with E-state index in [0.717, 1.165) is 0 Å². The molecule has 0 heterocycles. The molecule has 1 unspecified atom stereocenters. The van der Waals surface area contributed by atoms with E-state index in [1.165, 1.54) is 18.3 Å². The van der Waals surface area contributed by atoms with Crippen LogP contribution in [-0.2, 0) is 18.0 Å². The predicted molar refractivity (Wildman–Crippen MR) is 66.7 cm³/mol. The van der Waals surface area contributed by atoms with E-state index in [1.54, 1.807) is 26.8 Å². The summed E-state index contributed by atoms with van der Waals surface area (Å²) in [5, 5.41) is 0. The Hall–Kier alpha value is -0.940. The van der Waals surface area contributed by atoms with E-state index in [9.17, 15) is 13.3 Å². The molecule has 0 aliphatic heterocycles. The van der Waals surface area contributed by atoms with Crippen LogP contribution in [0.3, 0.4) is 0 Å². The van der Waals surface area contributed by atoms with Gasteiger partial charge in [0.1, 0.15) is 28.6 Å². The Balaban J connectivity index is 2.82. The minimum absolute atomic E-state index is 0.0130. The van der Waals surface area contributed by atoms with Gasteiger partial charge in [-0.05, 0) is 26.8 Å². The third-order valence-electron chi connectivity index (χ3n) is 2.04. The summed E-state index contributed by atoms with van der Waals surface area (Å²) >= 11 is -1.38. The molecule has 1 aromatic carbocycles. The molecule has 0 radical (unpaired) electrons. The van der Waals surface area contributed by atoms with Crippen molar-refractivity contribution in [2.75, 3.05) is 0 Å². The van der Waals surface area contributed by atoms with E-state index in [0.29, 0.717) is 5.56 Å². The molecule has 0 aliphatic rings. The van der Waals surface area contributed by atoms with Crippen molar-refractivity contribution < 1.29 is 13.3 Å². The van der Waals surface area contributed by atoms with Gasteiger partial charge < -0.3 is 4.55 Å². The lowest BCUT2D eigenvalue weighted by atomic mass is 10.1. The minimum Gasteiger partial charge on any atom is -0.591 e. The van der Waals surface area contributed by atoms with E-state index in [2.05, 4.69) is 4.40 Å². The highest BCUT2D eigenvalue weighted by Crippen LogP contribution is 2.17. The van der Waals surface area contributed by atoms with E-state index < -0.39 is 28.6 Å². The lowest BCUT2D eigenvalue weighted by Gasteiger charge is -2.17. The van der Waals surface area contributed by atoms with Crippen LogP contribution in [0, 0.1) is 5.82 Å². The summed E-state index contributed by atoms with van der Waals surface area (Å²) in [6.07, 6.45) is 1.34. The molecule has 1 rings (SSSR count). The van der Waals surface area contributed by atoms with E-state index in [-0.39, 0.29) is 5.56 Å². The highest BCUT2D eigenvalue weighted by Gasteiger charge is 2.25. The molecule has 0 N–H and O–H groups in total.